The summed E-state index contributed by atoms with van der Waals surface area (Å²) in [6.07, 6.45) is 0. The molecule has 4 aromatic rings. The third-order valence-corrected chi connectivity index (χ3v) is 6.11. The van der Waals surface area contributed by atoms with Gasteiger partial charge in [-0.05, 0) is 58.9 Å². The Morgan fingerprint density at radius 1 is 1.03 bits per heavy atom. The molecule has 0 aliphatic rings. The van der Waals surface area contributed by atoms with Gasteiger partial charge in [-0.3, -0.25) is 19.3 Å². The van der Waals surface area contributed by atoms with E-state index in [-0.39, 0.29) is 5.56 Å². The molecule has 2 heterocycles. The number of hydrogen-bond acceptors (Lipinski definition) is 6. The first-order valence-electron chi connectivity index (χ1n) is 10.8. The maximum atomic E-state index is 13.4. The number of imide groups is 1. The fourth-order valence-electron chi connectivity index (χ4n) is 3.48. The number of amides is 3. The van der Waals surface area contributed by atoms with E-state index >= 15 is 0 Å². The van der Waals surface area contributed by atoms with Crippen molar-refractivity contribution < 1.29 is 9.59 Å². The fraction of sp³-hybridized carbons (Fsp3) is 0.292. The summed E-state index contributed by atoms with van der Waals surface area (Å²) < 4.78 is 3.28. The number of nitrogens with one attached hydrogen (secondary N) is 2. The first-order chi connectivity index (χ1) is 16.0. The number of carbonyl (C=O) groups excluding carboxylic acids is 2. The van der Waals surface area contributed by atoms with Crippen molar-refractivity contribution in [1.82, 2.24) is 29.8 Å². The molecule has 0 spiro atoms. The van der Waals surface area contributed by atoms with Crippen molar-refractivity contribution in [3.8, 4) is 5.69 Å². The average Bonchev–Trinajstić information content (AvgIpc) is 3.17. The number of aromatic nitrogens is 4. The van der Waals surface area contributed by atoms with Gasteiger partial charge in [0.15, 0.2) is 5.16 Å². The van der Waals surface area contributed by atoms with Crippen LogP contribution in [-0.4, -0.2) is 41.9 Å². The molecule has 10 heteroatoms. The average molecular weight is 479 g/mol. The van der Waals surface area contributed by atoms with E-state index in [1.54, 1.807) is 23.5 Å². The monoisotopic (exact) mass is 478 g/mol. The van der Waals surface area contributed by atoms with Crippen LogP contribution in [0.1, 0.15) is 33.3 Å². The molecule has 0 radical (unpaired) electrons. The first-order valence-corrected chi connectivity index (χ1v) is 11.7. The zero-order chi connectivity index (χ0) is 24.6. The Hall–Kier alpha value is -3.66. The van der Waals surface area contributed by atoms with E-state index in [9.17, 15) is 14.4 Å². The van der Waals surface area contributed by atoms with Gasteiger partial charge in [0.25, 0.3) is 5.56 Å². The number of thioether (sulfide) groups is 1. The molecule has 2 aromatic heterocycles. The summed E-state index contributed by atoms with van der Waals surface area (Å²) in [5.41, 5.74) is 1.70. The Balaban J connectivity index is 1.75. The van der Waals surface area contributed by atoms with Crippen molar-refractivity contribution in [2.75, 3.05) is 0 Å². The minimum Gasteiger partial charge on any atom is -0.333 e. The van der Waals surface area contributed by atoms with Gasteiger partial charge in [0.1, 0.15) is 0 Å². The van der Waals surface area contributed by atoms with Crippen molar-refractivity contribution >= 4 is 40.4 Å². The van der Waals surface area contributed by atoms with Crippen LogP contribution in [0.2, 0.25) is 0 Å². The van der Waals surface area contributed by atoms with Crippen LogP contribution in [-0.2, 0) is 4.79 Å². The maximum absolute atomic E-state index is 13.4. The minimum absolute atomic E-state index is 0.208. The van der Waals surface area contributed by atoms with Crippen molar-refractivity contribution in [3.63, 3.8) is 0 Å². The van der Waals surface area contributed by atoms with Gasteiger partial charge in [0.05, 0.1) is 21.8 Å². The molecular weight excluding hydrogens is 452 g/mol. The van der Waals surface area contributed by atoms with Crippen LogP contribution in [0.25, 0.3) is 22.4 Å². The second kappa shape index (κ2) is 8.94. The topological polar surface area (TPSA) is 110 Å². The standard InChI is InChI=1S/C24H26N6O3S/c1-14-10-12-16(13-11-14)29-20(32)17-8-6-7-9-18(17)30-22(29)27-28-23(30)34-15(2)19(31)25-21(33)26-24(3,4)5/h6-13,15H,1-5H3,(H2,25,26,31,33). The van der Waals surface area contributed by atoms with Gasteiger partial charge in [-0.25, -0.2) is 9.36 Å². The smallest absolute Gasteiger partial charge is 0.321 e. The second-order valence-corrected chi connectivity index (χ2v) is 10.4. The van der Waals surface area contributed by atoms with Crippen LogP contribution in [0.3, 0.4) is 0 Å². The van der Waals surface area contributed by atoms with Crippen molar-refractivity contribution in [2.45, 2.75) is 50.6 Å². The summed E-state index contributed by atoms with van der Waals surface area (Å²) in [6, 6.07) is 14.2. The Morgan fingerprint density at radius 3 is 2.38 bits per heavy atom. The molecule has 9 nitrogen and oxygen atoms in total. The second-order valence-electron chi connectivity index (χ2n) is 9.06. The molecule has 0 bridgehead atoms. The highest BCUT2D eigenvalue weighted by molar-refractivity contribution is 8.00. The predicted octanol–water partition coefficient (Wildman–Crippen LogP) is 3.45. The number of benzene rings is 2. The molecule has 3 amide bonds. The number of fused-ring (bicyclic) bond motifs is 3. The van der Waals surface area contributed by atoms with E-state index in [0.29, 0.717) is 27.5 Å². The fourth-order valence-corrected chi connectivity index (χ4v) is 4.33. The SMILES string of the molecule is Cc1ccc(-n2c(=O)c3ccccc3n3c(SC(C)C(=O)NC(=O)NC(C)(C)C)nnc23)cc1. The summed E-state index contributed by atoms with van der Waals surface area (Å²) in [4.78, 5) is 38.1. The Kier molecular flexibility index (Phi) is 6.18. The molecule has 34 heavy (non-hydrogen) atoms. The first kappa shape index (κ1) is 23.5. The number of rotatable bonds is 4. The van der Waals surface area contributed by atoms with Gasteiger partial charge in [-0.15, -0.1) is 10.2 Å². The Labute approximate surface area is 200 Å². The Bertz CT molecular complexity index is 1450. The van der Waals surface area contributed by atoms with E-state index in [2.05, 4.69) is 20.8 Å². The van der Waals surface area contributed by atoms with E-state index in [4.69, 9.17) is 0 Å². The zero-order valence-electron chi connectivity index (χ0n) is 19.6. The molecule has 1 atom stereocenters. The molecule has 1 unspecified atom stereocenters. The van der Waals surface area contributed by atoms with Gasteiger partial charge in [0, 0.05) is 5.54 Å². The molecule has 4 rings (SSSR count). The van der Waals surface area contributed by atoms with Crippen LogP contribution in [0.5, 0.6) is 0 Å². The van der Waals surface area contributed by atoms with Crippen LogP contribution < -0.4 is 16.2 Å². The van der Waals surface area contributed by atoms with Crippen LogP contribution >= 0.6 is 11.8 Å². The third kappa shape index (κ3) is 4.67. The molecular formula is C24H26N6O3S. The normalized spacial score (nSPS) is 12.6. The van der Waals surface area contributed by atoms with Crippen LogP contribution in [0.15, 0.2) is 58.5 Å². The number of urea groups is 1. The number of para-hydroxylation sites is 1. The van der Waals surface area contributed by atoms with Gasteiger partial charge < -0.3 is 5.32 Å². The van der Waals surface area contributed by atoms with E-state index in [0.717, 1.165) is 17.3 Å². The summed E-state index contributed by atoms with van der Waals surface area (Å²) in [5, 5.41) is 13.9. The molecule has 0 saturated heterocycles. The molecule has 2 N–H and O–H groups in total. The number of hydrogen-bond donors (Lipinski definition) is 2. The summed E-state index contributed by atoms with van der Waals surface area (Å²) in [7, 11) is 0. The molecule has 176 valence electrons. The van der Waals surface area contributed by atoms with E-state index in [1.807, 2.05) is 64.1 Å². The lowest BCUT2D eigenvalue weighted by atomic mass is 10.1. The van der Waals surface area contributed by atoms with Crippen molar-refractivity contribution in [1.29, 1.82) is 0 Å². The highest BCUT2D eigenvalue weighted by Crippen LogP contribution is 2.26. The molecule has 0 aliphatic heterocycles. The molecule has 2 aromatic carbocycles. The number of carbonyl (C=O) groups is 2. The zero-order valence-corrected chi connectivity index (χ0v) is 20.4. The maximum Gasteiger partial charge on any atom is 0.321 e. The largest absolute Gasteiger partial charge is 0.333 e. The van der Waals surface area contributed by atoms with Crippen molar-refractivity contribution in [3.05, 3.63) is 64.4 Å². The van der Waals surface area contributed by atoms with Crippen LogP contribution in [0.4, 0.5) is 4.79 Å². The van der Waals surface area contributed by atoms with Crippen molar-refractivity contribution in [2.24, 2.45) is 0 Å². The summed E-state index contributed by atoms with van der Waals surface area (Å²) >= 11 is 1.16. The molecule has 0 aliphatic carbocycles. The van der Waals surface area contributed by atoms with Crippen LogP contribution in [0, 0.1) is 6.92 Å². The van der Waals surface area contributed by atoms with Gasteiger partial charge in [-0.2, -0.15) is 0 Å². The number of aryl methyl sites for hydroxylation is 1. The molecule has 0 fully saturated rings. The quantitative estimate of drug-likeness (QED) is 0.435. The highest BCUT2D eigenvalue weighted by atomic mass is 32.2. The van der Waals surface area contributed by atoms with Gasteiger partial charge in [0.2, 0.25) is 11.7 Å². The highest BCUT2D eigenvalue weighted by Gasteiger charge is 2.24. The van der Waals surface area contributed by atoms with E-state index < -0.39 is 22.7 Å². The number of nitrogens with zero attached hydrogens (tertiary/aromatic N) is 4. The van der Waals surface area contributed by atoms with Gasteiger partial charge in [-0.1, -0.05) is 41.6 Å². The predicted molar refractivity (Wildman–Crippen MR) is 133 cm³/mol. The van der Waals surface area contributed by atoms with Gasteiger partial charge >= 0.3 is 6.03 Å². The summed E-state index contributed by atoms with van der Waals surface area (Å²) in [6.45, 7) is 9.15. The lowest BCUT2D eigenvalue weighted by Crippen LogP contribution is -2.49. The minimum atomic E-state index is -0.642. The summed E-state index contributed by atoms with van der Waals surface area (Å²) in [5.74, 6) is -0.118. The molecule has 0 saturated carbocycles. The lowest BCUT2D eigenvalue weighted by Gasteiger charge is -2.21. The Morgan fingerprint density at radius 2 is 1.71 bits per heavy atom. The third-order valence-electron chi connectivity index (χ3n) is 5.06. The van der Waals surface area contributed by atoms with E-state index in [1.165, 1.54) is 4.57 Å². The lowest BCUT2D eigenvalue weighted by molar-refractivity contribution is -0.119.